The third-order valence-corrected chi connectivity index (χ3v) is 9.46. The third-order valence-electron chi connectivity index (χ3n) is 9.46. The van der Waals surface area contributed by atoms with Crippen molar-refractivity contribution >= 4 is 17.9 Å². The van der Waals surface area contributed by atoms with Gasteiger partial charge in [-0.3, -0.25) is 14.5 Å². The molecule has 40 heavy (non-hydrogen) atoms. The van der Waals surface area contributed by atoms with Gasteiger partial charge < -0.3 is 15.3 Å². The molecule has 3 N–H and O–H groups in total. The number of phenols is 1. The van der Waals surface area contributed by atoms with Gasteiger partial charge in [-0.1, -0.05) is 63.2 Å². The molecule has 1 heterocycles. The summed E-state index contributed by atoms with van der Waals surface area (Å²) in [7, 11) is 0. The predicted octanol–water partition coefficient (Wildman–Crippen LogP) is 6.38. The fourth-order valence-electron chi connectivity index (χ4n) is 7.60. The summed E-state index contributed by atoms with van der Waals surface area (Å²) in [5.41, 5.74) is 5.84. The van der Waals surface area contributed by atoms with E-state index < -0.39 is 23.9 Å². The van der Waals surface area contributed by atoms with Gasteiger partial charge in [0.15, 0.2) is 0 Å². The van der Waals surface area contributed by atoms with Crippen LogP contribution in [0.1, 0.15) is 108 Å². The average Bonchev–Trinajstić information content (AvgIpc) is 3.19. The van der Waals surface area contributed by atoms with Crippen LogP contribution in [0.4, 0.5) is 0 Å². The van der Waals surface area contributed by atoms with E-state index in [0.29, 0.717) is 25.0 Å². The Morgan fingerprint density at radius 3 is 2.30 bits per heavy atom. The lowest BCUT2D eigenvalue weighted by Gasteiger charge is -2.36. The summed E-state index contributed by atoms with van der Waals surface area (Å²) in [6.45, 7) is 7.81. The molecule has 0 unspecified atom stereocenters. The third kappa shape index (κ3) is 6.23. The zero-order chi connectivity index (χ0) is 29.0. The monoisotopic (exact) mass is 551 g/mol. The van der Waals surface area contributed by atoms with Gasteiger partial charge in [0.2, 0.25) is 11.8 Å². The zero-order valence-corrected chi connectivity index (χ0v) is 24.9. The van der Waals surface area contributed by atoms with Crippen molar-refractivity contribution in [3.05, 3.63) is 45.5 Å². The number of aliphatic hydroxyl groups is 2. The highest BCUT2D eigenvalue weighted by Gasteiger charge is 2.56. The number of nitrogens with zero attached hydrogens (tertiary/aromatic N) is 1. The number of carbonyl (C=O) groups excluding carboxylic acids is 2. The van der Waals surface area contributed by atoms with Gasteiger partial charge in [0, 0.05) is 12.0 Å². The topological polar surface area (TPSA) is 98.1 Å². The Balaban J connectivity index is 1.58. The molecule has 6 nitrogen and oxygen atoms in total. The molecule has 1 aromatic carbocycles. The van der Waals surface area contributed by atoms with Gasteiger partial charge in [0.25, 0.3) is 0 Å². The summed E-state index contributed by atoms with van der Waals surface area (Å²) in [6.07, 6.45) is 11.6. The van der Waals surface area contributed by atoms with Gasteiger partial charge in [-0.25, -0.2) is 0 Å². The highest BCUT2D eigenvalue weighted by atomic mass is 16.3. The molecular weight excluding hydrogens is 502 g/mol. The lowest BCUT2D eigenvalue weighted by molar-refractivity contribution is -0.143. The fourth-order valence-corrected chi connectivity index (χ4v) is 7.60. The molecule has 0 spiro atoms. The Hall–Kier alpha value is -2.44. The van der Waals surface area contributed by atoms with E-state index in [0.717, 1.165) is 85.6 Å². The van der Waals surface area contributed by atoms with Gasteiger partial charge >= 0.3 is 0 Å². The van der Waals surface area contributed by atoms with E-state index in [1.165, 1.54) is 5.57 Å². The second kappa shape index (κ2) is 13.5. The van der Waals surface area contributed by atoms with Gasteiger partial charge in [0.05, 0.1) is 24.5 Å². The number of benzene rings is 1. The number of aromatic hydroxyl groups is 1. The summed E-state index contributed by atoms with van der Waals surface area (Å²) < 4.78 is 0. The number of carbonyl (C=O) groups is 2. The van der Waals surface area contributed by atoms with E-state index in [4.69, 9.17) is 0 Å². The van der Waals surface area contributed by atoms with E-state index in [-0.39, 0.29) is 24.5 Å². The largest absolute Gasteiger partial charge is 0.507 e. The Morgan fingerprint density at radius 2 is 1.70 bits per heavy atom. The van der Waals surface area contributed by atoms with Crippen molar-refractivity contribution in [3.63, 3.8) is 0 Å². The molecule has 1 aromatic rings. The van der Waals surface area contributed by atoms with Crippen LogP contribution in [0.25, 0.3) is 6.08 Å². The maximum atomic E-state index is 13.7. The second-order valence-electron chi connectivity index (χ2n) is 12.4. The maximum absolute atomic E-state index is 13.7. The smallest absolute Gasteiger partial charge is 0.234 e. The van der Waals surface area contributed by atoms with Crippen molar-refractivity contribution in [2.24, 2.45) is 17.8 Å². The molecule has 1 saturated heterocycles. The van der Waals surface area contributed by atoms with Crippen molar-refractivity contribution in [1.82, 2.24) is 4.90 Å². The van der Waals surface area contributed by atoms with Crippen LogP contribution in [0.2, 0.25) is 0 Å². The molecule has 220 valence electrons. The van der Waals surface area contributed by atoms with Crippen molar-refractivity contribution in [1.29, 1.82) is 0 Å². The summed E-state index contributed by atoms with van der Waals surface area (Å²) in [6, 6.07) is 3.95. The number of likely N-dealkylation sites (tertiary alicyclic amines) is 1. The molecule has 0 radical (unpaired) electrons. The Bertz CT molecular complexity index is 1120. The minimum atomic E-state index is -0.769. The molecule has 1 aliphatic heterocycles. The van der Waals surface area contributed by atoms with E-state index >= 15 is 0 Å². The molecular formula is C34H49NO5. The molecule has 2 aliphatic carbocycles. The van der Waals surface area contributed by atoms with Crippen molar-refractivity contribution in [3.8, 4) is 5.75 Å². The Kier molecular flexibility index (Phi) is 10.3. The van der Waals surface area contributed by atoms with Crippen LogP contribution >= 0.6 is 0 Å². The number of fused-ring (bicyclic) bond motifs is 1. The number of hydrogen-bond acceptors (Lipinski definition) is 5. The molecule has 0 bridgehead atoms. The number of phenolic OH excluding ortho intramolecular Hbond substituents is 1. The van der Waals surface area contributed by atoms with Gasteiger partial charge in [0.1, 0.15) is 5.75 Å². The summed E-state index contributed by atoms with van der Waals surface area (Å²) in [4.78, 5) is 28.9. The van der Waals surface area contributed by atoms with Gasteiger partial charge in [-0.15, -0.1) is 0 Å². The first-order valence-electron chi connectivity index (χ1n) is 15.6. The number of allylic oxidation sites excluding steroid dienone is 2. The van der Waals surface area contributed by atoms with Crippen molar-refractivity contribution in [2.75, 3.05) is 6.61 Å². The van der Waals surface area contributed by atoms with E-state index in [9.17, 15) is 24.9 Å². The SMILES string of the molecule is CCCC1=C([C@H](O)CC/C(=C/c2cc(C)c(O)c(C)c2)CCC)[C@H](CO)[C@@H]2C(=O)N(C3CCCCC3)C(=O)[C@@H]2C1. The molecule has 6 heteroatoms. The van der Waals surface area contributed by atoms with Crippen LogP contribution in [-0.4, -0.2) is 50.8 Å². The first-order chi connectivity index (χ1) is 19.2. The van der Waals surface area contributed by atoms with Crippen LogP contribution < -0.4 is 0 Å². The molecule has 2 fully saturated rings. The standard InChI is InChI=1S/C34H49NO5/c1-5-10-23(18-24-16-21(3)32(38)22(4)17-24)14-15-29(37)30-25(11-6-2)19-27-31(28(30)20-36)34(40)35(33(27)39)26-12-8-7-9-13-26/h16-18,26-29,31,36-38H,5-15,19-20H2,1-4H3/b23-18+/t27-,28+,29-,31-/m1/s1. The predicted molar refractivity (Wildman–Crippen MR) is 159 cm³/mol. The normalized spacial score (nSPS) is 25.1. The highest BCUT2D eigenvalue weighted by molar-refractivity contribution is 6.06. The number of hydrogen-bond donors (Lipinski definition) is 3. The molecule has 4 atom stereocenters. The van der Waals surface area contributed by atoms with E-state index in [1.807, 2.05) is 26.0 Å². The number of rotatable bonds is 11. The summed E-state index contributed by atoms with van der Waals surface area (Å²) in [5.74, 6) is -1.37. The molecule has 0 aromatic heterocycles. The van der Waals surface area contributed by atoms with Crippen molar-refractivity contribution in [2.45, 2.75) is 117 Å². The van der Waals surface area contributed by atoms with E-state index in [1.54, 1.807) is 4.90 Å². The maximum Gasteiger partial charge on any atom is 0.234 e. The quantitative estimate of drug-likeness (QED) is 0.219. The molecule has 3 aliphatic rings. The van der Waals surface area contributed by atoms with Crippen LogP contribution in [0, 0.1) is 31.6 Å². The van der Waals surface area contributed by atoms with E-state index in [2.05, 4.69) is 19.9 Å². The Labute approximate surface area is 240 Å². The van der Waals surface area contributed by atoms with Crippen LogP contribution in [0.3, 0.4) is 0 Å². The molecule has 1 saturated carbocycles. The second-order valence-corrected chi connectivity index (χ2v) is 12.4. The van der Waals surface area contributed by atoms with Gasteiger partial charge in [-0.2, -0.15) is 0 Å². The summed E-state index contributed by atoms with van der Waals surface area (Å²) >= 11 is 0. The van der Waals surface area contributed by atoms with Crippen LogP contribution in [0.5, 0.6) is 5.75 Å². The fraction of sp³-hybridized carbons (Fsp3) is 0.647. The lowest BCUT2D eigenvalue weighted by atomic mass is 9.67. The zero-order valence-electron chi connectivity index (χ0n) is 24.9. The Morgan fingerprint density at radius 1 is 1.02 bits per heavy atom. The summed E-state index contributed by atoms with van der Waals surface area (Å²) in [5, 5.41) is 32.4. The molecule has 2 amide bonds. The van der Waals surface area contributed by atoms with Crippen LogP contribution in [-0.2, 0) is 9.59 Å². The number of imide groups is 1. The highest BCUT2D eigenvalue weighted by Crippen LogP contribution is 2.48. The lowest BCUT2D eigenvalue weighted by Crippen LogP contribution is -2.42. The average molecular weight is 552 g/mol. The minimum absolute atomic E-state index is 0.0180. The minimum Gasteiger partial charge on any atom is -0.507 e. The number of amides is 2. The molecule has 4 rings (SSSR count). The number of aliphatic hydroxyl groups excluding tert-OH is 2. The van der Waals surface area contributed by atoms with Crippen molar-refractivity contribution < 1.29 is 24.9 Å². The van der Waals surface area contributed by atoms with Crippen LogP contribution in [0.15, 0.2) is 28.9 Å². The first kappa shape index (κ1) is 30.5. The van der Waals surface area contributed by atoms with Gasteiger partial charge in [-0.05, 0) is 93.2 Å². The number of aryl methyl sites for hydroxylation is 2. The first-order valence-corrected chi connectivity index (χ1v) is 15.6.